The predicted octanol–water partition coefficient (Wildman–Crippen LogP) is 1.80. The van der Waals surface area contributed by atoms with Crippen LogP contribution in [0, 0.1) is 5.82 Å². The van der Waals surface area contributed by atoms with E-state index in [1.54, 1.807) is 40.5 Å². The molecular formula is C23H25FN6O3. The van der Waals surface area contributed by atoms with E-state index in [0.29, 0.717) is 49.9 Å². The number of imidazole rings is 1. The number of carbonyl (C=O) groups is 2. The van der Waals surface area contributed by atoms with Gasteiger partial charge >= 0.3 is 0 Å². The highest BCUT2D eigenvalue weighted by atomic mass is 19.1. The van der Waals surface area contributed by atoms with Crippen molar-refractivity contribution in [2.45, 2.75) is 18.9 Å². The molecule has 33 heavy (non-hydrogen) atoms. The molecule has 5 rings (SSSR count). The number of fused-ring (bicyclic) bond motifs is 1. The lowest BCUT2D eigenvalue weighted by Crippen LogP contribution is -2.53. The molecule has 1 unspecified atom stereocenters. The van der Waals surface area contributed by atoms with Gasteiger partial charge in [-0.2, -0.15) is 0 Å². The first-order chi connectivity index (χ1) is 16.1. The van der Waals surface area contributed by atoms with Gasteiger partial charge in [-0.25, -0.2) is 9.37 Å². The molecule has 2 saturated heterocycles. The first-order valence-electron chi connectivity index (χ1n) is 11.1. The molecule has 0 spiro atoms. The fraction of sp³-hybridized carbons (Fsp3) is 0.391. The van der Waals surface area contributed by atoms with Crippen molar-refractivity contribution >= 4 is 23.3 Å². The summed E-state index contributed by atoms with van der Waals surface area (Å²) in [6.45, 7) is 2.70. The monoisotopic (exact) mass is 452 g/mol. The van der Waals surface area contributed by atoms with Crippen LogP contribution < -0.4 is 5.32 Å². The number of hydrogen-bond donors (Lipinski definition) is 1. The minimum absolute atomic E-state index is 0.0287. The van der Waals surface area contributed by atoms with Gasteiger partial charge in [0.2, 0.25) is 5.91 Å². The van der Waals surface area contributed by atoms with Gasteiger partial charge < -0.3 is 19.9 Å². The lowest BCUT2D eigenvalue weighted by atomic mass is 10.1. The van der Waals surface area contributed by atoms with Crippen molar-refractivity contribution in [1.29, 1.82) is 0 Å². The second kappa shape index (κ2) is 9.14. The second-order valence-corrected chi connectivity index (χ2v) is 8.18. The Bertz CT molecular complexity index is 1150. The molecule has 0 radical (unpaired) electrons. The Kier molecular flexibility index (Phi) is 5.91. The third-order valence-electron chi connectivity index (χ3n) is 6.10. The number of nitrogens with zero attached hydrogens (tertiary/aromatic N) is 5. The third kappa shape index (κ3) is 4.38. The smallest absolute Gasteiger partial charge is 0.251 e. The van der Waals surface area contributed by atoms with Crippen LogP contribution in [0.25, 0.3) is 16.9 Å². The summed E-state index contributed by atoms with van der Waals surface area (Å²) in [6, 6.07) is 6.07. The maximum absolute atomic E-state index is 13.4. The summed E-state index contributed by atoms with van der Waals surface area (Å²) in [7, 11) is 0. The zero-order chi connectivity index (χ0) is 22.8. The Morgan fingerprint density at radius 2 is 1.88 bits per heavy atom. The van der Waals surface area contributed by atoms with E-state index in [2.05, 4.69) is 15.3 Å². The molecule has 2 aromatic heterocycles. The molecule has 1 aromatic carbocycles. The highest BCUT2D eigenvalue weighted by Gasteiger charge is 2.31. The number of amides is 2. The number of benzene rings is 1. The number of ether oxygens (including phenoxy) is 1. The van der Waals surface area contributed by atoms with Gasteiger partial charge in [0.25, 0.3) is 5.91 Å². The van der Waals surface area contributed by atoms with Crippen molar-refractivity contribution in [3.8, 4) is 11.3 Å². The van der Waals surface area contributed by atoms with E-state index >= 15 is 0 Å². The molecule has 0 bridgehead atoms. The van der Waals surface area contributed by atoms with E-state index in [0.717, 1.165) is 18.4 Å². The average molecular weight is 452 g/mol. The summed E-state index contributed by atoms with van der Waals surface area (Å²) >= 11 is 0. The van der Waals surface area contributed by atoms with E-state index in [1.807, 2.05) is 4.40 Å². The largest absolute Gasteiger partial charge is 0.368 e. The predicted molar refractivity (Wildman–Crippen MR) is 119 cm³/mol. The van der Waals surface area contributed by atoms with Crippen molar-refractivity contribution in [3.63, 3.8) is 0 Å². The Balaban J connectivity index is 1.25. The Labute approximate surface area is 190 Å². The molecule has 3 aromatic rings. The Morgan fingerprint density at radius 3 is 2.61 bits per heavy atom. The number of carbonyl (C=O) groups excluding carboxylic acids is 2. The summed E-state index contributed by atoms with van der Waals surface area (Å²) in [5.74, 6) is 0.278. The summed E-state index contributed by atoms with van der Waals surface area (Å²) in [4.78, 5) is 37.7. The van der Waals surface area contributed by atoms with Crippen LogP contribution in [0.5, 0.6) is 0 Å². The van der Waals surface area contributed by atoms with Gasteiger partial charge in [-0.05, 0) is 37.1 Å². The SMILES string of the molecule is O=C(CNc1c(-c2ccc(F)cc2)nc2cnccn12)N1CCN(C(=O)C2CCCO2)CC1. The van der Waals surface area contributed by atoms with E-state index in [1.165, 1.54) is 12.1 Å². The maximum atomic E-state index is 13.4. The van der Waals surface area contributed by atoms with Crippen LogP contribution in [0.15, 0.2) is 42.9 Å². The van der Waals surface area contributed by atoms with Gasteiger partial charge in [0.05, 0.1) is 12.7 Å². The lowest BCUT2D eigenvalue weighted by molar-refractivity contribution is -0.145. The first-order valence-corrected chi connectivity index (χ1v) is 11.1. The quantitative estimate of drug-likeness (QED) is 0.635. The molecule has 9 nitrogen and oxygen atoms in total. The molecule has 4 heterocycles. The maximum Gasteiger partial charge on any atom is 0.251 e. The van der Waals surface area contributed by atoms with Gasteiger partial charge in [0, 0.05) is 50.7 Å². The Hall–Kier alpha value is -3.53. The molecule has 0 saturated carbocycles. The van der Waals surface area contributed by atoms with E-state index < -0.39 is 0 Å². The van der Waals surface area contributed by atoms with Gasteiger partial charge in [0.1, 0.15) is 23.4 Å². The molecule has 2 amide bonds. The van der Waals surface area contributed by atoms with Gasteiger partial charge in [-0.15, -0.1) is 0 Å². The molecule has 2 aliphatic heterocycles. The normalized spacial score (nSPS) is 18.6. The van der Waals surface area contributed by atoms with E-state index in [-0.39, 0.29) is 30.3 Å². The first kappa shape index (κ1) is 21.3. The molecule has 172 valence electrons. The number of nitrogens with one attached hydrogen (secondary N) is 1. The molecule has 10 heteroatoms. The number of rotatable bonds is 5. The van der Waals surface area contributed by atoms with Crippen molar-refractivity contribution in [2.24, 2.45) is 0 Å². The molecular weight excluding hydrogens is 427 g/mol. The molecule has 2 aliphatic rings. The summed E-state index contributed by atoms with van der Waals surface area (Å²) in [5, 5.41) is 3.21. The number of piperazine rings is 1. The highest BCUT2D eigenvalue weighted by Crippen LogP contribution is 2.28. The molecule has 2 fully saturated rings. The zero-order valence-electron chi connectivity index (χ0n) is 18.1. The lowest BCUT2D eigenvalue weighted by Gasteiger charge is -2.35. The van der Waals surface area contributed by atoms with Crippen LogP contribution in [0.2, 0.25) is 0 Å². The van der Waals surface area contributed by atoms with Gasteiger partial charge in [-0.3, -0.25) is 19.0 Å². The summed E-state index contributed by atoms with van der Waals surface area (Å²) in [6.07, 6.45) is 6.39. The van der Waals surface area contributed by atoms with Crippen molar-refractivity contribution in [1.82, 2.24) is 24.2 Å². The van der Waals surface area contributed by atoms with Crippen LogP contribution in [-0.4, -0.2) is 81.4 Å². The van der Waals surface area contributed by atoms with Gasteiger partial charge in [-0.1, -0.05) is 0 Å². The minimum atomic E-state index is -0.330. The summed E-state index contributed by atoms with van der Waals surface area (Å²) in [5.41, 5.74) is 1.96. The van der Waals surface area contributed by atoms with Crippen molar-refractivity contribution in [3.05, 3.63) is 48.7 Å². The summed E-state index contributed by atoms with van der Waals surface area (Å²) < 4.78 is 20.7. The van der Waals surface area contributed by atoms with Gasteiger partial charge in [0.15, 0.2) is 5.65 Å². The molecule has 0 aliphatic carbocycles. The highest BCUT2D eigenvalue weighted by molar-refractivity contribution is 5.85. The number of anilines is 1. The Morgan fingerprint density at radius 1 is 1.12 bits per heavy atom. The van der Waals surface area contributed by atoms with Crippen molar-refractivity contribution in [2.75, 3.05) is 44.6 Å². The fourth-order valence-electron chi connectivity index (χ4n) is 4.31. The van der Waals surface area contributed by atoms with Crippen LogP contribution in [0.3, 0.4) is 0 Å². The van der Waals surface area contributed by atoms with E-state index in [9.17, 15) is 14.0 Å². The zero-order valence-corrected chi connectivity index (χ0v) is 18.1. The topological polar surface area (TPSA) is 92.1 Å². The second-order valence-electron chi connectivity index (χ2n) is 8.18. The molecule has 1 atom stereocenters. The van der Waals surface area contributed by atoms with E-state index in [4.69, 9.17) is 4.74 Å². The van der Waals surface area contributed by atoms with Crippen LogP contribution in [0.4, 0.5) is 10.2 Å². The van der Waals surface area contributed by atoms with Crippen LogP contribution >= 0.6 is 0 Å². The van der Waals surface area contributed by atoms with Crippen LogP contribution in [-0.2, 0) is 14.3 Å². The standard InChI is InChI=1S/C23H25FN6O3/c24-17-5-3-16(4-6-17)21-22(30-8-7-25-14-19(30)27-21)26-15-20(31)28-9-11-29(12-10-28)23(32)18-2-1-13-33-18/h3-8,14,18,26H,1-2,9-13,15H2. The number of hydrogen-bond acceptors (Lipinski definition) is 6. The molecule has 1 N–H and O–H groups in total. The number of halogens is 1. The van der Waals surface area contributed by atoms with Crippen LogP contribution in [0.1, 0.15) is 12.8 Å². The van der Waals surface area contributed by atoms with Crippen molar-refractivity contribution < 1.29 is 18.7 Å². The average Bonchev–Trinajstić information content (AvgIpc) is 3.51. The third-order valence-corrected chi connectivity index (χ3v) is 6.10. The minimum Gasteiger partial charge on any atom is -0.368 e. The fourth-order valence-corrected chi connectivity index (χ4v) is 4.31. The number of aromatic nitrogens is 3.